The van der Waals surface area contributed by atoms with E-state index in [4.69, 9.17) is 14.2 Å². The number of hydrogen-bond acceptors (Lipinski definition) is 8. The van der Waals surface area contributed by atoms with E-state index >= 15 is 0 Å². The van der Waals surface area contributed by atoms with E-state index in [1.165, 1.54) is 0 Å². The van der Waals surface area contributed by atoms with Gasteiger partial charge in [0.25, 0.3) is 5.56 Å². The number of nitriles is 1. The molecule has 9 heteroatoms. The van der Waals surface area contributed by atoms with E-state index in [2.05, 4.69) is 20.5 Å². The van der Waals surface area contributed by atoms with Crippen molar-refractivity contribution in [3.05, 3.63) is 76.1 Å². The largest absolute Gasteiger partial charge is 0.488 e. The van der Waals surface area contributed by atoms with E-state index in [1.54, 1.807) is 18.3 Å². The first-order valence-electron chi connectivity index (χ1n) is 9.58. The normalized spacial score (nSPS) is 13.9. The summed E-state index contributed by atoms with van der Waals surface area (Å²) in [5, 5.41) is 13.4. The molecule has 2 aromatic carbocycles. The number of benzene rings is 2. The van der Waals surface area contributed by atoms with Crippen LogP contribution in [0.1, 0.15) is 11.1 Å². The maximum absolute atomic E-state index is 12.3. The van der Waals surface area contributed by atoms with E-state index in [0.717, 1.165) is 5.56 Å². The number of nitrogens with one attached hydrogen (secondary N) is 2. The van der Waals surface area contributed by atoms with Crippen molar-refractivity contribution in [1.82, 2.24) is 9.97 Å². The van der Waals surface area contributed by atoms with Crippen molar-refractivity contribution < 1.29 is 14.2 Å². The van der Waals surface area contributed by atoms with E-state index in [9.17, 15) is 10.1 Å². The lowest BCUT2D eigenvalue weighted by atomic mass is 10.1. The molecule has 4 rings (SSSR count). The molecule has 1 saturated heterocycles. The van der Waals surface area contributed by atoms with Crippen molar-refractivity contribution >= 4 is 12.2 Å². The van der Waals surface area contributed by atoms with Crippen LogP contribution in [0.3, 0.4) is 0 Å². The Morgan fingerprint density at radius 3 is 2.65 bits per heavy atom. The number of ether oxygens (including phenoxy) is 3. The Bertz CT molecular complexity index is 1150. The summed E-state index contributed by atoms with van der Waals surface area (Å²) >= 11 is 0. The zero-order valence-corrected chi connectivity index (χ0v) is 16.4. The Morgan fingerprint density at radius 1 is 1.19 bits per heavy atom. The Kier molecular flexibility index (Phi) is 6.32. The fraction of sp³-hybridized carbons (Fsp3) is 0.182. The summed E-state index contributed by atoms with van der Waals surface area (Å²) < 4.78 is 16.3. The molecule has 1 fully saturated rings. The van der Waals surface area contributed by atoms with E-state index in [0.29, 0.717) is 36.8 Å². The highest BCUT2D eigenvalue weighted by atomic mass is 16.7. The molecule has 0 spiro atoms. The van der Waals surface area contributed by atoms with Crippen LogP contribution < -0.4 is 15.7 Å². The Hall–Kier alpha value is -4.00. The van der Waals surface area contributed by atoms with Crippen molar-refractivity contribution in [3.63, 3.8) is 0 Å². The van der Waals surface area contributed by atoms with Crippen molar-refractivity contribution in [3.8, 4) is 23.1 Å². The van der Waals surface area contributed by atoms with Gasteiger partial charge < -0.3 is 14.2 Å². The number of aromatic amines is 1. The zero-order chi connectivity index (χ0) is 21.5. The third-order valence-electron chi connectivity index (χ3n) is 4.42. The third kappa shape index (κ3) is 5.14. The van der Waals surface area contributed by atoms with Gasteiger partial charge in [-0.05, 0) is 29.8 Å². The maximum atomic E-state index is 12.3. The van der Waals surface area contributed by atoms with Gasteiger partial charge in [0.15, 0.2) is 6.29 Å². The molecule has 0 unspecified atom stereocenters. The van der Waals surface area contributed by atoms with Crippen molar-refractivity contribution in [1.29, 1.82) is 5.26 Å². The lowest BCUT2D eigenvalue weighted by Gasteiger charge is -2.10. The highest BCUT2D eigenvalue weighted by molar-refractivity contribution is 5.80. The van der Waals surface area contributed by atoms with Crippen LogP contribution in [0.4, 0.5) is 5.95 Å². The topological polar surface area (TPSA) is 122 Å². The minimum Gasteiger partial charge on any atom is -0.488 e. The molecule has 1 aliphatic heterocycles. The summed E-state index contributed by atoms with van der Waals surface area (Å²) in [6.07, 6.45) is 1.25. The lowest BCUT2D eigenvalue weighted by Crippen LogP contribution is -2.18. The molecule has 0 aliphatic carbocycles. The average molecular weight is 417 g/mol. The molecule has 3 aromatic rings. The van der Waals surface area contributed by atoms with E-state index in [1.807, 2.05) is 48.5 Å². The number of nitrogens with zero attached hydrogens (tertiary/aromatic N) is 3. The molecule has 2 N–H and O–H groups in total. The van der Waals surface area contributed by atoms with Gasteiger partial charge in [-0.2, -0.15) is 10.4 Å². The van der Waals surface area contributed by atoms with Gasteiger partial charge in [-0.1, -0.05) is 30.3 Å². The number of H-pyrrole nitrogens is 1. The SMILES string of the molecule is N#Cc1c(-c2ccccc2)nc(NN=Cc2ccc(OCC3OCCO3)cc2)[nH]c1=O. The van der Waals surface area contributed by atoms with Crippen molar-refractivity contribution in [2.24, 2.45) is 5.10 Å². The van der Waals surface area contributed by atoms with Crippen molar-refractivity contribution in [2.45, 2.75) is 6.29 Å². The van der Waals surface area contributed by atoms with E-state index in [-0.39, 0.29) is 17.8 Å². The molecule has 0 saturated carbocycles. The second-order valence-corrected chi connectivity index (χ2v) is 6.54. The van der Waals surface area contributed by atoms with Gasteiger partial charge in [0.2, 0.25) is 5.95 Å². The van der Waals surface area contributed by atoms with E-state index < -0.39 is 5.56 Å². The monoisotopic (exact) mass is 417 g/mol. The molecule has 0 amide bonds. The Balaban J connectivity index is 1.42. The third-order valence-corrected chi connectivity index (χ3v) is 4.42. The fourth-order valence-electron chi connectivity index (χ4n) is 2.92. The first-order valence-corrected chi connectivity index (χ1v) is 9.58. The molecule has 0 radical (unpaired) electrons. The first kappa shape index (κ1) is 20.3. The van der Waals surface area contributed by atoms with Crippen LogP contribution in [-0.4, -0.2) is 42.3 Å². The molecule has 31 heavy (non-hydrogen) atoms. The van der Waals surface area contributed by atoms with Crippen LogP contribution in [-0.2, 0) is 9.47 Å². The summed E-state index contributed by atoms with van der Waals surface area (Å²) in [7, 11) is 0. The second kappa shape index (κ2) is 9.67. The maximum Gasteiger partial charge on any atom is 0.270 e. The molecule has 1 aliphatic rings. The summed E-state index contributed by atoms with van der Waals surface area (Å²) in [6.45, 7) is 1.50. The number of hydrogen-bond donors (Lipinski definition) is 2. The predicted molar refractivity (Wildman–Crippen MR) is 114 cm³/mol. The van der Waals surface area contributed by atoms with Crippen LogP contribution in [0.5, 0.6) is 5.75 Å². The van der Waals surface area contributed by atoms with Gasteiger partial charge in [-0.3, -0.25) is 9.78 Å². The fourth-order valence-corrected chi connectivity index (χ4v) is 2.92. The quantitative estimate of drug-likeness (QED) is 0.447. The standard InChI is InChI=1S/C22H19N5O4/c23-12-18-20(16-4-2-1-3-5-16)25-22(26-21(18)28)27-24-13-15-6-8-17(9-7-15)31-14-19-29-10-11-30-19/h1-9,13,19H,10-11,14H2,(H2,25,26,27,28). The van der Waals surface area contributed by atoms with Gasteiger partial charge in [0.05, 0.1) is 25.1 Å². The minimum absolute atomic E-state index is 0.0512. The van der Waals surface area contributed by atoms with Gasteiger partial charge >= 0.3 is 0 Å². The summed E-state index contributed by atoms with van der Waals surface area (Å²) in [5.41, 5.74) is 3.89. The van der Waals surface area contributed by atoms with Crippen LogP contribution in [0.15, 0.2) is 64.5 Å². The van der Waals surface area contributed by atoms with Gasteiger partial charge in [-0.25, -0.2) is 10.4 Å². The van der Waals surface area contributed by atoms with Gasteiger partial charge in [0, 0.05) is 5.56 Å². The van der Waals surface area contributed by atoms with Crippen LogP contribution in [0.25, 0.3) is 11.3 Å². The molecule has 2 heterocycles. The predicted octanol–water partition coefficient (Wildman–Crippen LogP) is 2.51. The lowest BCUT2D eigenvalue weighted by molar-refractivity contribution is -0.0684. The van der Waals surface area contributed by atoms with Crippen LogP contribution >= 0.6 is 0 Å². The number of hydrazone groups is 1. The molecule has 0 bridgehead atoms. The highest BCUT2D eigenvalue weighted by Gasteiger charge is 2.16. The zero-order valence-electron chi connectivity index (χ0n) is 16.4. The highest BCUT2D eigenvalue weighted by Crippen LogP contribution is 2.19. The molecular weight excluding hydrogens is 398 g/mol. The molecular formula is C22H19N5O4. The average Bonchev–Trinajstić information content (AvgIpc) is 3.32. The minimum atomic E-state index is -0.536. The summed E-state index contributed by atoms with van der Waals surface area (Å²) in [4.78, 5) is 19.1. The van der Waals surface area contributed by atoms with Crippen molar-refractivity contribution in [2.75, 3.05) is 25.2 Å². The van der Waals surface area contributed by atoms with Gasteiger partial charge in [0.1, 0.15) is 24.0 Å². The second-order valence-electron chi connectivity index (χ2n) is 6.54. The van der Waals surface area contributed by atoms with Gasteiger partial charge in [-0.15, -0.1) is 0 Å². The summed E-state index contributed by atoms with van der Waals surface area (Å²) in [5.74, 6) is 0.824. The van der Waals surface area contributed by atoms with Crippen LogP contribution in [0, 0.1) is 11.3 Å². The molecule has 9 nitrogen and oxygen atoms in total. The summed E-state index contributed by atoms with van der Waals surface area (Å²) in [6, 6.07) is 18.2. The molecule has 1 aromatic heterocycles. The first-order chi connectivity index (χ1) is 15.2. The molecule has 0 atom stereocenters. The Labute approximate surface area is 177 Å². The number of aromatic nitrogens is 2. The smallest absolute Gasteiger partial charge is 0.270 e. The van der Waals surface area contributed by atoms with Crippen LogP contribution in [0.2, 0.25) is 0 Å². The Morgan fingerprint density at radius 2 is 1.94 bits per heavy atom. The number of rotatable bonds is 7. The molecule has 156 valence electrons. The number of anilines is 1.